The number of rotatable bonds is 4. The Labute approximate surface area is 163 Å². The van der Waals surface area contributed by atoms with E-state index in [1.165, 1.54) is 5.56 Å². The molecule has 1 unspecified atom stereocenters. The minimum Gasteiger partial charge on any atom is -0.394 e. The van der Waals surface area contributed by atoms with Gasteiger partial charge in [-0.3, -0.25) is 9.59 Å². The molecule has 3 aromatic rings. The van der Waals surface area contributed by atoms with Crippen LogP contribution in [0.3, 0.4) is 0 Å². The van der Waals surface area contributed by atoms with Crippen molar-refractivity contribution < 1.29 is 14.7 Å². The number of hydrogen-bond donors (Lipinski definition) is 2. The Kier molecular flexibility index (Phi) is 5.08. The first kappa shape index (κ1) is 18.2. The normalized spacial score (nSPS) is 14.4. The van der Waals surface area contributed by atoms with Crippen molar-refractivity contribution in [2.24, 2.45) is 0 Å². The van der Waals surface area contributed by atoms with Gasteiger partial charge in [0.2, 0.25) is 5.91 Å². The molecule has 5 heteroatoms. The molecule has 0 bridgehead atoms. The second-order valence-electron chi connectivity index (χ2n) is 7.05. The summed E-state index contributed by atoms with van der Waals surface area (Å²) in [6, 6.07) is 20.3. The molecule has 1 heterocycles. The lowest BCUT2D eigenvalue weighted by Gasteiger charge is -2.31. The monoisotopic (exact) mass is 374 g/mol. The summed E-state index contributed by atoms with van der Waals surface area (Å²) in [7, 11) is 0. The quantitative estimate of drug-likeness (QED) is 0.737. The molecule has 1 aliphatic heterocycles. The van der Waals surface area contributed by atoms with Crippen LogP contribution in [0.15, 0.2) is 66.7 Å². The van der Waals surface area contributed by atoms with Crippen LogP contribution < -0.4 is 5.32 Å². The van der Waals surface area contributed by atoms with Crippen LogP contribution in [-0.4, -0.2) is 41.0 Å². The SMILES string of the molecule is O=C(NC(CO)C(=O)N1CCc2ccccc2C1)c1ccc2ccccc2c1. The van der Waals surface area contributed by atoms with Gasteiger partial charge in [0, 0.05) is 18.7 Å². The van der Waals surface area contributed by atoms with Gasteiger partial charge in [-0.15, -0.1) is 0 Å². The van der Waals surface area contributed by atoms with Crippen molar-refractivity contribution >= 4 is 22.6 Å². The first-order chi connectivity index (χ1) is 13.7. The van der Waals surface area contributed by atoms with Crippen LogP contribution in [0.2, 0.25) is 0 Å². The molecule has 0 fully saturated rings. The molecule has 3 aromatic carbocycles. The van der Waals surface area contributed by atoms with Gasteiger partial charge in [-0.1, -0.05) is 54.6 Å². The summed E-state index contributed by atoms with van der Waals surface area (Å²) in [6.07, 6.45) is 0.776. The van der Waals surface area contributed by atoms with Crippen LogP contribution in [0.4, 0.5) is 0 Å². The Morgan fingerprint density at radius 3 is 2.46 bits per heavy atom. The van der Waals surface area contributed by atoms with E-state index in [9.17, 15) is 14.7 Å². The summed E-state index contributed by atoms with van der Waals surface area (Å²) in [6.45, 7) is 0.645. The third-order valence-corrected chi connectivity index (χ3v) is 5.24. The molecule has 0 aromatic heterocycles. The molecule has 0 aliphatic carbocycles. The van der Waals surface area contributed by atoms with E-state index in [1.807, 2.05) is 48.5 Å². The van der Waals surface area contributed by atoms with Crippen LogP contribution in [0.25, 0.3) is 10.8 Å². The van der Waals surface area contributed by atoms with Gasteiger partial charge < -0.3 is 15.3 Å². The summed E-state index contributed by atoms with van der Waals surface area (Å²) in [5.74, 6) is -0.623. The van der Waals surface area contributed by atoms with E-state index in [0.717, 1.165) is 22.8 Å². The second-order valence-corrected chi connectivity index (χ2v) is 7.05. The summed E-state index contributed by atoms with van der Waals surface area (Å²) >= 11 is 0. The zero-order valence-corrected chi connectivity index (χ0v) is 15.5. The first-order valence-corrected chi connectivity index (χ1v) is 9.42. The fourth-order valence-corrected chi connectivity index (χ4v) is 3.66. The van der Waals surface area contributed by atoms with Crippen molar-refractivity contribution in [2.45, 2.75) is 19.0 Å². The summed E-state index contributed by atoms with van der Waals surface area (Å²) in [5, 5.41) is 14.4. The van der Waals surface area contributed by atoms with Gasteiger partial charge in [0.25, 0.3) is 5.91 Å². The Hall–Kier alpha value is -3.18. The zero-order chi connectivity index (χ0) is 19.5. The minimum absolute atomic E-state index is 0.258. The number of carbonyl (C=O) groups excluding carboxylic acids is 2. The van der Waals surface area contributed by atoms with Crippen molar-refractivity contribution in [1.29, 1.82) is 0 Å². The fraction of sp³-hybridized carbons (Fsp3) is 0.217. The Balaban J connectivity index is 1.47. The second kappa shape index (κ2) is 7.82. The first-order valence-electron chi connectivity index (χ1n) is 9.42. The standard InChI is InChI=1S/C23H22N2O3/c26-15-21(23(28)25-12-11-17-6-2-4-8-20(17)14-25)24-22(27)19-10-9-16-5-1-3-7-18(16)13-19/h1-10,13,21,26H,11-12,14-15H2,(H,24,27). The molecule has 2 N–H and O–H groups in total. The maximum Gasteiger partial charge on any atom is 0.252 e. The highest BCUT2D eigenvalue weighted by molar-refractivity contribution is 6.00. The Bertz CT molecular complexity index is 1030. The number of aliphatic hydroxyl groups is 1. The molecule has 4 rings (SSSR count). The predicted octanol–water partition coefficient (Wildman–Crippen LogP) is 2.52. The van der Waals surface area contributed by atoms with Crippen molar-refractivity contribution in [3.8, 4) is 0 Å². The van der Waals surface area contributed by atoms with Gasteiger partial charge in [0.15, 0.2) is 0 Å². The van der Waals surface area contributed by atoms with Gasteiger partial charge in [0.1, 0.15) is 6.04 Å². The van der Waals surface area contributed by atoms with E-state index < -0.39 is 12.6 Å². The number of nitrogens with zero attached hydrogens (tertiary/aromatic N) is 1. The Morgan fingerprint density at radius 2 is 1.68 bits per heavy atom. The van der Waals surface area contributed by atoms with Gasteiger partial charge in [-0.05, 0) is 40.5 Å². The van der Waals surface area contributed by atoms with Crippen molar-refractivity contribution in [2.75, 3.05) is 13.2 Å². The van der Waals surface area contributed by atoms with E-state index in [1.54, 1.807) is 17.0 Å². The number of carbonyl (C=O) groups is 2. The Morgan fingerprint density at radius 1 is 0.964 bits per heavy atom. The zero-order valence-electron chi connectivity index (χ0n) is 15.5. The van der Waals surface area contributed by atoms with Gasteiger partial charge >= 0.3 is 0 Å². The lowest BCUT2D eigenvalue weighted by molar-refractivity contribution is -0.135. The maximum atomic E-state index is 12.9. The van der Waals surface area contributed by atoms with Crippen molar-refractivity contribution in [1.82, 2.24) is 10.2 Å². The van der Waals surface area contributed by atoms with E-state index in [4.69, 9.17) is 0 Å². The number of hydrogen-bond acceptors (Lipinski definition) is 3. The lowest BCUT2D eigenvalue weighted by Crippen LogP contribution is -2.51. The largest absolute Gasteiger partial charge is 0.394 e. The molecule has 1 aliphatic rings. The van der Waals surface area contributed by atoms with E-state index in [0.29, 0.717) is 18.7 Å². The number of benzene rings is 3. The fourth-order valence-electron chi connectivity index (χ4n) is 3.66. The molecule has 0 spiro atoms. The van der Waals surface area contributed by atoms with Gasteiger partial charge in [-0.25, -0.2) is 0 Å². The number of aliphatic hydroxyl groups excluding tert-OH is 1. The molecule has 0 saturated heterocycles. The maximum absolute atomic E-state index is 12.9. The third kappa shape index (κ3) is 3.62. The summed E-state index contributed by atoms with van der Waals surface area (Å²) in [5.41, 5.74) is 2.82. The molecule has 142 valence electrons. The predicted molar refractivity (Wildman–Crippen MR) is 108 cm³/mol. The highest BCUT2D eigenvalue weighted by Crippen LogP contribution is 2.19. The van der Waals surface area contributed by atoms with Crippen LogP contribution in [0.5, 0.6) is 0 Å². The van der Waals surface area contributed by atoms with Gasteiger partial charge in [0.05, 0.1) is 6.61 Å². The van der Waals surface area contributed by atoms with Crippen LogP contribution >= 0.6 is 0 Å². The number of fused-ring (bicyclic) bond motifs is 2. The van der Waals surface area contributed by atoms with Crippen LogP contribution in [0.1, 0.15) is 21.5 Å². The highest BCUT2D eigenvalue weighted by Gasteiger charge is 2.28. The summed E-state index contributed by atoms with van der Waals surface area (Å²) < 4.78 is 0. The molecule has 0 radical (unpaired) electrons. The highest BCUT2D eigenvalue weighted by atomic mass is 16.3. The van der Waals surface area contributed by atoms with Crippen molar-refractivity contribution in [3.63, 3.8) is 0 Å². The van der Waals surface area contributed by atoms with Gasteiger partial charge in [-0.2, -0.15) is 0 Å². The average molecular weight is 374 g/mol. The molecular formula is C23H22N2O3. The van der Waals surface area contributed by atoms with Crippen molar-refractivity contribution in [3.05, 3.63) is 83.4 Å². The molecule has 2 amide bonds. The molecule has 28 heavy (non-hydrogen) atoms. The van der Waals surface area contributed by atoms with E-state index in [2.05, 4.69) is 11.4 Å². The molecule has 1 atom stereocenters. The number of amides is 2. The molecular weight excluding hydrogens is 352 g/mol. The average Bonchev–Trinajstić information content (AvgIpc) is 2.76. The topological polar surface area (TPSA) is 69.6 Å². The minimum atomic E-state index is -0.954. The van der Waals surface area contributed by atoms with Crippen LogP contribution in [-0.2, 0) is 17.8 Å². The molecule has 5 nitrogen and oxygen atoms in total. The smallest absolute Gasteiger partial charge is 0.252 e. The lowest BCUT2D eigenvalue weighted by atomic mass is 9.99. The third-order valence-electron chi connectivity index (χ3n) is 5.24. The number of nitrogens with one attached hydrogen (secondary N) is 1. The summed E-state index contributed by atoms with van der Waals surface area (Å²) in [4.78, 5) is 27.2. The van der Waals surface area contributed by atoms with E-state index >= 15 is 0 Å². The van der Waals surface area contributed by atoms with Crippen LogP contribution in [0, 0.1) is 0 Å². The molecule has 0 saturated carbocycles. The van der Waals surface area contributed by atoms with E-state index in [-0.39, 0.29) is 11.8 Å².